The molecule has 2 aromatic rings. The summed E-state index contributed by atoms with van der Waals surface area (Å²) in [5.41, 5.74) is 6.64. The molecule has 0 saturated carbocycles. The number of nitrogens with two attached hydrogens (primary N) is 1. The highest BCUT2D eigenvalue weighted by molar-refractivity contribution is 6.03. The smallest absolute Gasteiger partial charge is 0.259 e. The molecule has 1 heterocycles. The minimum absolute atomic E-state index is 0.0201. The van der Waals surface area contributed by atoms with E-state index >= 15 is 0 Å². The summed E-state index contributed by atoms with van der Waals surface area (Å²) in [6.45, 7) is 5.39. The van der Waals surface area contributed by atoms with E-state index in [2.05, 4.69) is 0 Å². The molecule has 0 radical (unpaired) electrons. The van der Waals surface area contributed by atoms with Gasteiger partial charge >= 0.3 is 0 Å². The van der Waals surface area contributed by atoms with Crippen LogP contribution >= 0.6 is 0 Å². The molecule has 1 aromatic heterocycles. The molecule has 0 atom stereocenters. The van der Waals surface area contributed by atoms with Gasteiger partial charge in [0.15, 0.2) is 0 Å². The summed E-state index contributed by atoms with van der Waals surface area (Å²) < 4.78 is 1.83. The summed E-state index contributed by atoms with van der Waals surface area (Å²) in [6, 6.07) is 9.34. The molecule has 0 aliphatic carbocycles. The van der Waals surface area contributed by atoms with Crippen LogP contribution in [0.1, 0.15) is 19.4 Å². The van der Waals surface area contributed by atoms with Gasteiger partial charge in [0.05, 0.1) is 0 Å². The molecule has 0 saturated heterocycles. The standard InChI is InChI=1S/C18H20N4O2/c1-3-21(4-2)17(23)12-22-11-14(9-13(10-19)18(20)24)15-7-5-6-8-16(15)22/h5-9,11H,3-4,12H2,1-2H3,(H2,20,24). The third-order valence-electron chi connectivity index (χ3n) is 3.93. The molecule has 0 unspecified atom stereocenters. The van der Waals surface area contributed by atoms with Gasteiger partial charge in [-0.2, -0.15) is 5.26 Å². The molecule has 0 aliphatic heterocycles. The van der Waals surface area contributed by atoms with Crippen LogP contribution in [0.2, 0.25) is 0 Å². The number of primary amides is 1. The molecule has 0 spiro atoms. The van der Waals surface area contributed by atoms with Crippen LogP contribution in [0.4, 0.5) is 0 Å². The van der Waals surface area contributed by atoms with E-state index < -0.39 is 5.91 Å². The first-order valence-electron chi connectivity index (χ1n) is 7.79. The normalized spacial score (nSPS) is 11.3. The second-order valence-electron chi connectivity index (χ2n) is 5.33. The van der Waals surface area contributed by atoms with Crippen LogP contribution in [0.25, 0.3) is 17.0 Å². The molecule has 0 bridgehead atoms. The van der Waals surface area contributed by atoms with Gasteiger partial charge in [-0.05, 0) is 26.0 Å². The van der Waals surface area contributed by atoms with Gasteiger partial charge in [-0.15, -0.1) is 0 Å². The number of rotatable bonds is 6. The molecule has 0 aliphatic rings. The molecule has 1 aromatic carbocycles. The van der Waals surface area contributed by atoms with Crippen molar-refractivity contribution in [2.45, 2.75) is 20.4 Å². The van der Waals surface area contributed by atoms with Crippen LogP contribution < -0.4 is 5.73 Å². The minimum atomic E-state index is -0.770. The van der Waals surface area contributed by atoms with Crippen LogP contribution in [0, 0.1) is 11.3 Å². The monoisotopic (exact) mass is 324 g/mol. The predicted molar refractivity (Wildman–Crippen MR) is 92.7 cm³/mol. The second kappa shape index (κ2) is 7.47. The maximum absolute atomic E-state index is 12.4. The largest absolute Gasteiger partial charge is 0.365 e. The first-order valence-corrected chi connectivity index (χ1v) is 7.79. The van der Waals surface area contributed by atoms with Gasteiger partial charge in [-0.25, -0.2) is 0 Å². The zero-order chi connectivity index (χ0) is 17.7. The van der Waals surface area contributed by atoms with Gasteiger partial charge in [0.25, 0.3) is 5.91 Å². The number of amides is 2. The lowest BCUT2D eigenvalue weighted by Crippen LogP contribution is -2.33. The number of likely N-dealkylation sites (N-methyl/N-ethyl adjacent to an activating group) is 1. The van der Waals surface area contributed by atoms with Gasteiger partial charge in [0.2, 0.25) is 5.91 Å². The Bertz CT molecular complexity index is 838. The topological polar surface area (TPSA) is 92.1 Å². The highest BCUT2D eigenvalue weighted by Gasteiger charge is 2.14. The molecule has 2 N–H and O–H groups in total. The van der Waals surface area contributed by atoms with Gasteiger partial charge < -0.3 is 15.2 Å². The second-order valence-corrected chi connectivity index (χ2v) is 5.33. The maximum atomic E-state index is 12.4. The van der Waals surface area contributed by atoms with Crippen LogP contribution in [-0.4, -0.2) is 34.4 Å². The number of nitrogens with zero attached hydrogens (tertiary/aromatic N) is 3. The van der Waals surface area contributed by atoms with Gasteiger partial charge in [-0.1, -0.05) is 18.2 Å². The van der Waals surface area contributed by atoms with E-state index in [1.54, 1.807) is 17.2 Å². The summed E-state index contributed by atoms with van der Waals surface area (Å²) in [5, 5.41) is 9.89. The van der Waals surface area contributed by atoms with E-state index in [1.165, 1.54) is 6.08 Å². The van der Waals surface area contributed by atoms with E-state index in [9.17, 15) is 9.59 Å². The lowest BCUT2D eigenvalue weighted by molar-refractivity contribution is -0.131. The quantitative estimate of drug-likeness (QED) is 0.650. The summed E-state index contributed by atoms with van der Waals surface area (Å²) in [6.07, 6.45) is 3.23. The van der Waals surface area contributed by atoms with E-state index in [0.717, 1.165) is 10.9 Å². The molecule has 6 heteroatoms. The summed E-state index contributed by atoms with van der Waals surface area (Å²) >= 11 is 0. The number of para-hydroxylation sites is 1. The zero-order valence-corrected chi connectivity index (χ0v) is 13.8. The molecule has 6 nitrogen and oxygen atoms in total. The Kier molecular flexibility index (Phi) is 5.38. The fraction of sp³-hybridized carbons (Fsp3) is 0.278. The first-order chi connectivity index (χ1) is 11.5. The van der Waals surface area contributed by atoms with Crippen molar-refractivity contribution in [3.8, 4) is 6.07 Å². The van der Waals surface area contributed by atoms with Gasteiger partial charge in [0, 0.05) is 35.8 Å². The van der Waals surface area contributed by atoms with Crippen molar-refractivity contribution in [1.29, 1.82) is 5.26 Å². The molecule has 124 valence electrons. The molecular weight excluding hydrogens is 304 g/mol. The van der Waals surface area contributed by atoms with E-state index in [0.29, 0.717) is 18.7 Å². The Labute approximate surface area is 140 Å². The summed E-state index contributed by atoms with van der Waals surface area (Å²) in [5.74, 6) is -0.750. The van der Waals surface area contributed by atoms with E-state index in [4.69, 9.17) is 11.0 Å². The number of benzene rings is 1. The number of nitriles is 1. The van der Waals surface area contributed by atoms with E-state index in [1.807, 2.05) is 42.7 Å². The third-order valence-corrected chi connectivity index (χ3v) is 3.93. The lowest BCUT2D eigenvalue weighted by Gasteiger charge is -2.19. The van der Waals surface area contributed by atoms with Crippen molar-refractivity contribution in [2.24, 2.45) is 5.73 Å². The average molecular weight is 324 g/mol. The number of carbonyl (C=O) groups excluding carboxylic acids is 2. The van der Waals surface area contributed by atoms with E-state index in [-0.39, 0.29) is 18.0 Å². The lowest BCUT2D eigenvalue weighted by atomic mass is 10.1. The Morgan fingerprint density at radius 2 is 1.96 bits per heavy atom. The van der Waals surface area contributed by atoms with Crippen molar-refractivity contribution in [3.63, 3.8) is 0 Å². The zero-order valence-electron chi connectivity index (χ0n) is 13.8. The average Bonchev–Trinajstić information content (AvgIpc) is 2.91. The van der Waals surface area contributed by atoms with Crippen molar-refractivity contribution in [3.05, 3.63) is 41.6 Å². The molecule has 0 fully saturated rings. The predicted octanol–water partition coefficient (Wildman–Crippen LogP) is 1.90. The van der Waals surface area contributed by atoms with Crippen LogP contribution in [0.3, 0.4) is 0 Å². The van der Waals surface area contributed by atoms with Crippen LogP contribution in [0.5, 0.6) is 0 Å². The Hall–Kier alpha value is -3.07. The highest BCUT2D eigenvalue weighted by atomic mass is 16.2. The first kappa shape index (κ1) is 17.3. The molecule has 24 heavy (non-hydrogen) atoms. The fourth-order valence-electron chi connectivity index (χ4n) is 2.66. The maximum Gasteiger partial charge on any atom is 0.259 e. The van der Waals surface area contributed by atoms with Crippen molar-refractivity contribution < 1.29 is 9.59 Å². The van der Waals surface area contributed by atoms with Crippen LogP contribution in [-0.2, 0) is 16.1 Å². The third kappa shape index (κ3) is 3.46. The van der Waals surface area contributed by atoms with Gasteiger partial charge in [-0.3, -0.25) is 9.59 Å². The number of aromatic nitrogens is 1. The van der Waals surface area contributed by atoms with Crippen molar-refractivity contribution >= 4 is 28.8 Å². The molecule has 2 amide bonds. The molecule has 2 rings (SSSR count). The molecular formula is C18H20N4O2. The minimum Gasteiger partial charge on any atom is -0.365 e. The van der Waals surface area contributed by atoms with Crippen molar-refractivity contribution in [1.82, 2.24) is 9.47 Å². The van der Waals surface area contributed by atoms with Crippen molar-refractivity contribution in [2.75, 3.05) is 13.1 Å². The summed E-state index contributed by atoms with van der Waals surface area (Å²) in [4.78, 5) is 25.4. The summed E-state index contributed by atoms with van der Waals surface area (Å²) in [7, 11) is 0. The Morgan fingerprint density at radius 1 is 1.29 bits per heavy atom. The highest BCUT2D eigenvalue weighted by Crippen LogP contribution is 2.23. The number of hydrogen-bond donors (Lipinski definition) is 1. The van der Waals surface area contributed by atoms with Gasteiger partial charge in [0.1, 0.15) is 18.2 Å². The number of fused-ring (bicyclic) bond motifs is 1. The fourth-order valence-corrected chi connectivity index (χ4v) is 2.66. The number of hydrogen-bond acceptors (Lipinski definition) is 3. The Morgan fingerprint density at radius 3 is 2.54 bits per heavy atom. The SMILES string of the molecule is CCN(CC)C(=O)Cn1cc(C=C(C#N)C(N)=O)c2ccccc21. The Balaban J connectivity index is 2.48. The number of carbonyl (C=O) groups is 2. The van der Waals surface area contributed by atoms with Crippen LogP contribution in [0.15, 0.2) is 36.0 Å².